The van der Waals surface area contributed by atoms with Gasteiger partial charge in [-0.25, -0.2) is 0 Å². The summed E-state index contributed by atoms with van der Waals surface area (Å²) in [4.78, 5) is 12.8. The third kappa shape index (κ3) is 1.11. The SMILES string of the molecule is Cc1ccsc1C(=O)C1(C)CC1. The second kappa shape index (κ2) is 2.43. The van der Waals surface area contributed by atoms with E-state index >= 15 is 0 Å². The van der Waals surface area contributed by atoms with Crippen molar-refractivity contribution in [3.05, 3.63) is 21.9 Å². The highest BCUT2D eigenvalue weighted by molar-refractivity contribution is 7.12. The lowest BCUT2D eigenvalue weighted by atomic mass is 10.0. The molecular weight excluding hydrogens is 168 g/mol. The fourth-order valence-corrected chi connectivity index (χ4v) is 2.31. The van der Waals surface area contributed by atoms with Gasteiger partial charge >= 0.3 is 0 Å². The zero-order chi connectivity index (χ0) is 8.77. The molecule has 0 N–H and O–H groups in total. The van der Waals surface area contributed by atoms with Crippen LogP contribution in [0.15, 0.2) is 11.4 Å². The Balaban J connectivity index is 2.31. The molecule has 0 spiro atoms. The summed E-state index contributed by atoms with van der Waals surface area (Å²) in [6.45, 7) is 4.07. The predicted octanol–water partition coefficient (Wildman–Crippen LogP) is 3.04. The zero-order valence-electron chi connectivity index (χ0n) is 7.39. The van der Waals surface area contributed by atoms with Gasteiger partial charge in [0.1, 0.15) is 0 Å². The van der Waals surface area contributed by atoms with Crippen LogP contribution in [-0.4, -0.2) is 5.78 Å². The predicted molar refractivity (Wildman–Crippen MR) is 50.7 cm³/mol. The molecule has 0 aliphatic heterocycles. The van der Waals surface area contributed by atoms with E-state index < -0.39 is 0 Å². The number of hydrogen-bond donors (Lipinski definition) is 0. The number of hydrogen-bond acceptors (Lipinski definition) is 2. The summed E-state index contributed by atoms with van der Waals surface area (Å²) in [6, 6.07) is 2.02. The molecule has 0 saturated heterocycles. The van der Waals surface area contributed by atoms with Crippen molar-refractivity contribution < 1.29 is 4.79 Å². The second-order valence-electron chi connectivity index (χ2n) is 3.82. The quantitative estimate of drug-likeness (QED) is 0.639. The van der Waals surface area contributed by atoms with Crippen molar-refractivity contribution in [2.24, 2.45) is 5.41 Å². The molecule has 1 nitrogen and oxygen atoms in total. The molecule has 1 fully saturated rings. The van der Waals surface area contributed by atoms with Crippen LogP contribution in [0.25, 0.3) is 0 Å². The van der Waals surface area contributed by atoms with Gasteiger partial charge in [-0.05, 0) is 36.8 Å². The number of Topliss-reactive ketones (excluding diaryl/α,β-unsaturated/α-hetero) is 1. The molecule has 2 rings (SSSR count). The molecule has 0 unspecified atom stereocenters. The first kappa shape index (κ1) is 7.99. The number of aryl methyl sites for hydroxylation is 1. The van der Waals surface area contributed by atoms with Crippen LogP contribution in [0.4, 0.5) is 0 Å². The van der Waals surface area contributed by atoms with E-state index in [0.717, 1.165) is 23.3 Å². The molecule has 1 aliphatic rings. The zero-order valence-corrected chi connectivity index (χ0v) is 8.20. The van der Waals surface area contributed by atoms with Gasteiger partial charge in [-0.2, -0.15) is 0 Å². The molecule has 0 atom stereocenters. The van der Waals surface area contributed by atoms with Crippen LogP contribution in [0.2, 0.25) is 0 Å². The van der Waals surface area contributed by atoms with Gasteiger partial charge in [0.15, 0.2) is 5.78 Å². The van der Waals surface area contributed by atoms with Crippen LogP contribution < -0.4 is 0 Å². The fraction of sp³-hybridized carbons (Fsp3) is 0.500. The molecule has 0 amide bonds. The van der Waals surface area contributed by atoms with E-state index in [1.165, 1.54) is 0 Å². The molecular formula is C10H12OS. The van der Waals surface area contributed by atoms with E-state index in [1.54, 1.807) is 11.3 Å². The third-order valence-electron chi connectivity index (χ3n) is 2.62. The summed E-state index contributed by atoms with van der Waals surface area (Å²) >= 11 is 1.57. The highest BCUT2D eigenvalue weighted by Crippen LogP contribution is 2.48. The Morgan fingerprint density at radius 1 is 1.58 bits per heavy atom. The minimum atomic E-state index is -0.00435. The van der Waals surface area contributed by atoms with Gasteiger partial charge in [0.2, 0.25) is 0 Å². The van der Waals surface area contributed by atoms with Crippen LogP contribution in [0.5, 0.6) is 0 Å². The molecule has 1 heterocycles. The Bertz CT molecular complexity index is 320. The summed E-state index contributed by atoms with van der Waals surface area (Å²) < 4.78 is 0. The maximum atomic E-state index is 11.8. The lowest BCUT2D eigenvalue weighted by Crippen LogP contribution is -2.10. The Morgan fingerprint density at radius 2 is 2.25 bits per heavy atom. The van der Waals surface area contributed by atoms with Crippen molar-refractivity contribution in [1.29, 1.82) is 0 Å². The van der Waals surface area contributed by atoms with E-state index in [1.807, 2.05) is 18.4 Å². The molecule has 0 radical (unpaired) electrons. The summed E-state index contributed by atoms with van der Waals surface area (Å²) in [7, 11) is 0. The van der Waals surface area contributed by atoms with E-state index in [9.17, 15) is 4.79 Å². The summed E-state index contributed by atoms with van der Waals surface area (Å²) in [5, 5.41) is 1.99. The van der Waals surface area contributed by atoms with Crippen molar-refractivity contribution >= 4 is 17.1 Å². The monoisotopic (exact) mass is 180 g/mol. The first-order chi connectivity index (χ1) is 5.63. The first-order valence-corrected chi connectivity index (χ1v) is 5.10. The highest BCUT2D eigenvalue weighted by atomic mass is 32.1. The summed E-state index contributed by atoms with van der Waals surface area (Å²) in [5.41, 5.74) is 1.13. The lowest BCUT2D eigenvalue weighted by molar-refractivity contribution is 0.0916. The Kier molecular flexibility index (Phi) is 1.62. The molecule has 64 valence electrons. The number of carbonyl (C=O) groups excluding carboxylic acids is 1. The smallest absolute Gasteiger partial charge is 0.178 e. The Hall–Kier alpha value is -0.630. The Morgan fingerprint density at radius 3 is 2.67 bits per heavy atom. The molecule has 0 aromatic carbocycles. The van der Waals surface area contributed by atoms with Crippen LogP contribution >= 0.6 is 11.3 Å². The van der Waals surface area contributed by atoms with Gasteiger partial charge in [-0.1, -0.05) is 6.92 Å². The average molecular weight is 180 g/mol. The van der Waals surface area contributed by atoms with Crippen molar-refractivity contribution in [2.75, 3.05) is 0 Å². The van der Waals surface area contributed by atoms with E-state index in [-0.39, 0.29) is 5.41 Å². The summed E-state index contributed by atoms with van der Waals surface area (Å²) in [5.74, 6) is 0.356. The normalized spacial score (nSPS) is 19.2. The van der Waals surface area contributed by atoms with E-state index in [2.05, 4.69) is 6.92 Å². The fourth-order valence-electron chi connectivity index (χ4n) is 1.29. The second-order valence-corrected chi connectivity index (χ2v) is 4.74. The van der Waals surface area contributed by atoms with Crippen LogP contribution in [0.1, 0.15) is 35.0 Å². The molecule has 1 saturated carbocycles. The standard InChI is InChI=1S/C10H12OS/c1-7-3-6-12-8(7)9(11)10(2)4-5-10/h3,6H,4-5H2,1-2H3. The minimum absolute atomic E-state index is 0.00435. The maximum Gasteiger partial charge on any atom is 0.178 e. The van der Waals surface area contributed by atoms with Gasteiger partial charge in [0.05, 0.1) is 4.88 Å². The van der Waals surface area contributed by atoms with E-state index in [0.29, 0.717) is 5.78 Å². The average Bonchev–Trinajstić information content (AvgIpc) is 2.63. The van der Waals surface area contributed by atoms with Crippen molar-refractivity contribution in [2.45, 2.75) is 26.7 Å². The Labute approximate surface area is 76.4 Å². The van der Waals surface area contributed by atoms with Gasteiger partial charge < -0.3 is 0 Å². The number of thiophene rings is 1. The molecule has 1 aromatic rings. The molecule has 0 bridgehead atoms. The number of ketones is 1. The third-order valence-corrected chi connectivity index (χ3v) is 3.63. The summed E-state index contributed by atoms with van der Waals surface area (Å²) in [6.07, 6.45) is 2.15. The van der Waals surface area contributed by atoms with Crippen molar-refractivity contribution in [3.63, 3.8) is 0 Å². The molecule has 2 heteroatoms. The van der Waals surface area contributed by atoms with Crippen molar-refractivity contribution in [3.8, 4) is 0 Å². The minimum Gasteiger partial charge on any atom is -0.293 e. The van der Waals surface area contributed by atoms with E-state index in [4.69, 9.17) is 0 Å². The number of carbonyl (C=O) groups is 1. The molecule has 1 aromatic heterocycles. The van der Waals surface area contributed by atoms with Gasteiger partial charge in [0.25, 0.3) is 0 Å². The number of rotatable bonds is 2. The van der Waals surface area contributed by atoms with Crippen molar-refractivity contribution in [1.82, 2.24) is 0 Å². The largest absolute Gasteiger partial charge is 0.293 e. The topological polar surface area (TPSA) is 17.1 Å². The van der Waals surface area contributed by atoms with Crippen LogP contribution in [-0.2, 0) is 0 Å². The lowest BCUT2D eigenvalue weighted by Gasteiger charge is -2.04. The molecule has 1 aliphatic carbocycles. The maximum absolute atomic E-state index is 11.8. The first-order valence-electron chi connectivity index (χ1n) is 4.22. The van der Waals surface area contributed by atoms with Crippen LogP contribution in [0, 0.1) is 12.3 Å². The molecule has 12 heavy (non-hydrogen) atoms. The van der Waals surface area contributed by atoms with Gasteiger partial charge in [-0.3, -0.25) is 4.79 Å². The highest BCUT2D eigenvalue weighted by Gasteiger charge is 2.45. The van der Waals surface area contributed by atoms with Crippen LogP contribution in [0.3, 0.4) is 0 Å². The van der Waals surface area contributed by atoms with Gasteiger partial charge in [0, 0.05) is 5.41 Å². The van der Waals surface area contributed by atoms with Gasteiger partial charge in [-0.15, -0.1) is 11.3 Å².